The Morgan fingerprint density at radius 2 is 1.69 bits per heavy atom. The average molecular weight is 376 g/mol. The Hall–Kier alpha value is -1.88. The number of halogens is 1. The molecule has 0 aromatic heterocycles. The van der Waals surface area contributed by atoms with Gasteiger partial charge in [-0.05, 0) is 42.3 Å². The van der Waals surface area contributed by atoms with E-state index in [2.05, 4.69) is 54.6 Å². The van der Waals surface area contributed by atoms with Crippen molar-refractivity contribution in [3.05, 3.63) is 59.7 Å². The molecule has 1 atom stereocenters. The van der Waals surface area contributed by atoms with E-state index >= 15 is 0 Å². The van der Waals surface area contributed by atoms with E-state index < -0.39 is 6.04 Å². The molecule has 2 rings (SSSR count). The normalized spacial score (nSPS) is 12.0. The summed E-state index contributed by atoms with van der Waals surface area (Å²) >= 11 is 0. The van der Waals surface area contributed by atoms with E-state index in [9.17, 15) is 4.79 Å². The Morgan fingerprint density at radius 3 is 2.27 bits per heavy atom. The minimum Gasteiger partial charge on any atom is -0.351 e. The summed E-state index contributed by atoms with van der Waals surface area (Å²) in [6, 6.07) is 16.3. The van der Waals surface area contributed by atoms with Gasteiger partial charge in [-0.3, -0.25) is 4.79 Å². The van der Waals surface area contributed by atoms with Crippen molar-refractivity contribution in [3.63, 3.8) is 0 Å². The van der Waals surface area contributed by atoms with Gasteiger partial charge in [-0.15, -0.1) is 12.4 Å². The number of carbonyl (C=O) groups excluding carboxylic acids is 1. The maximum absolute atomic E-state index is 12.1. The van der Waals surface area contributed by atoms with Crippen LogP contribution in [0.5, 0.6) is 0 Å². The number of rotatable bonds is 7. The minimum absolute atomic E-state index is 0. The molecule has 0 aliphatic carbocycles. The van der Waals surface area contributed by atoms with Gasteiger partial charge >= 0.3 is 0 Å². The third-order valence-corrected chi connectivity index (χ3v) is 4.26. The zero-order valence-electron chi connectivity index (χ0n) is 16.0. The maximum Gasteiger partial charge on any atom is 0.237 e. The van der Waals surface area contributed by atoms with Crippen LogP contribution in [-0.2, 0) is 17.9 Å². The number of nitrogens with one attached hydrogen (secondary N) is 1. The standard InChI is InChI=1S/C21H29N3O.ClH/c1-15(2)20(22)21(25)23-13-18-7-5-6-8-19(18)17-11-9-16(10-12-17)14-24(3)4;/h5-12,15,20H,13-14,22H2,1-4H3,(H,23,25);1H/t20-;/m0./s1. The first-order valence-electron chi connectivity index (χ1n) is 8.73. The summed E-state index contributed by atoms with van der Waals surface area (Å²) in [7, 11) is 4.13. The van der Waals surface area contributed by atoms with Crippen molar-refractivity contribution in [2.75, 3.05) is 14.1 Å². The summed E-state index contributed by atoms with van der Waals surface area (Å²) in [5, 5.41) is 2.96. The van der Waals surface area contributed by atoms with Crippen LogP contribution < -0.4 is 11.1 Å². The monoisotopic (exact) mass is 375 g/mol. The summed E-state index contributed by atoms with van der Waals surface area (Å²) < 4.78 is 0. The lowest BCUT2D eigenvalue weighted by Crippen LogP contribution is -2.43. The molecule has 0 spiro atoms. The molecule has 0 saturated heterocycles. The van der Waals surface area contributed by atoms with Gasteiger partial charge in [0.25, 0.3) is 0 Å². The van der Waals surface area contributed by atoms with Gasteiger partial charge in [0.15, 0.2) is 0 Å². The smallest absolute Gasteiger partial charge is 0.237 e. The van der Waals surface area contributed by atoms with Gasteiger partial charge in [-0.1, -0.05) is 62.4 Å². The van der Waals surface area contributed by atoms with E-state index in [4.69, 9.17) is 5.73 Å². The van der Waals surface area contributed by atoms with Gasteiger partial charge < -0.3 is 16.0 Å². The van der Waals surface area contributed by atoms with Crippen molar-refractivity contribution >= 4 is 18.3 Å². The average Bonchev–Trinajstić information content (AvgIpc) is 2.59. The molecule has 0 aliphatic rings. The van der Waals surface area contributed by atoms with Crippen molar-refractivity contribution in [2.24, 2.45) is 11.7 Å². The Bertz CT molecular complexity index is 699. The lowest BCUT2D eigenvalue weighted by Gasteiger charge is -2.17. The Morgan fingerprint density at radius 1 is 1.08 bits per heavy atom. The highest BCUT2D eigenvalue weighted by Crippen LogP contribution is 2.24. The molecule has 4 nitrogen and oxygen atoms in total. The van der Waals surface area contributed by atoms with Crippen LogP contribution in [0.15, 0.2) is 48.5 Å². The topological polar surface area (TPSA) is 58.4 Å². The Balaban J connectivity index is 0.00000338. The molecule has 0 saturated carbocycles. The zero-order chi connectivity index (χ0) is 18.4. The molecule has 2 aromatic rings. The van der Waals surface area contributed by atoms with Gasteiger partial charge in [0, 0.05) is 13.1 Å². The molecule has 0 radical (unpaired) electrons. The molecule has 26 heavy (non-hydrogen) atoms. The fourth-order valence-electron chi connectivity index (χ4n) is 2.71. The summed E-state index contributed by atoms with van der Waals surface area (Å²) in [6.45, 7) is 5.31. The van der Waals surface area contributed by atoms with Crippen LogP contribution in [0.25, 0.3) is 11.1 Å². The highest BCUT2D eigenvalue weighted by Gasteiger charge is 2.17. The highest BCUT2D eigenvalue weighted by molar-refractivity contribution is 5.85. The maximum atomic E-state index is 12.1. The summed E-state index contributed by atoms with van der Waals surface area (Å²) in [5.74, 6) is 0.0191. The summed E-state index contributed by atoms with van der Waals surface area (Å²) in [4.78, 5) is 14.3. The third kappa shape index (κ3) is 6.13. The molecule has 0 aliphatic heterocycles. The number of benzene rings is 2. The van der Waals surface area contributed by atoms with Crippen molar-refractivity contribution in [2.45, 2.75) is 33.0 Å². The number of hydrogen-bond acceptors (Lipinski definition) is 3. The van der Waals surface area contributed by atoms with E-state index in [-0.39, 0.29) is 24.2 Å². The molecule has 0 bridgehead atoms. The fourth-order valence-corrected chi connectivity index (χ4v) is 2.71. The zero-order valence-corrected chi connectivity index (χ0v) is 16.8. The van der Waals surface area contributed by atoms with Gasteiger partial charge in [0.05, 0.1) is 6.04 Å². The van der Waals surface area contributed by atoms with Crippen molar-refractivity contribution < 1.29 is 4.79 Å². The molecule has 0 heterocycles. The highest BCUT2D eigenvalue weighted by atomic mass is 35.5. The number of hydrogen-bond donors (Lipinski definition) is 2. The number of nitrogens with two attached hydrogens (primary N) is 1. The molecular formula is C21H30ClN3O. The molecule has 0 fully saturated rings. The molecule has 5 heteroatoms. The van der Waals surface area contributed by atoms with Crippen LogP contribution >= 0.6 is 12.4 Å². The van der Waals surface area contributed by atoms with E-state index in [0.717, 1.165) is 23.2 Å². The van der Waals surface area contributed by atoms with Crippen LogP contribution in [0, 0.1) is 5.92 Å². The lowest BCUT2D eigenvalue weighted by molar-refractivity contribution is -0.123. The molecule has 2 aromatic carbocycles. The Labute approximate surface area is 163 Å². The summed E-state index contributed by atoms with van der Waals surface area (Å²) in [5.41, 5.74) is 10.6. The van der Waals surface area contributed by atoms with Crippen LogP contribution in [0.4, 0.5) is 0 Å². The van der Waals surface area contributed by atoms with Crippen LogP contribution in [-0.4, -0.2) is 30.9 Å². The Kier molecular flexibility index (Phi) is 8.79. The fraction of sp³-hybridized carbons (Fsp3) is 0.381. The lowest BCUT2D eigenvalue weighted by atomic mass is 9.98. The van der Waals surface area contributed by atoms with Crippen molar-refractivity contribution in [3.8, 4) is 11.1 Å². The minimum atomic E-state index is -0.475. The van der Waals surface area contributed by atoms with Crippen molar-refractivity contribution in [1.82, 2.24) is 10.2 Å². The van der Waals surface area contributed by atoms with Crippen LogP contribution in [0.1, 0.15) is 25.0 Å². The number of nitrogens with zero attached hydrogens (tertiary/aromatic N) is 1. The summed E-state index contributed by atoms with van der Waals surface area (Å²) in [6.07, 6.45) is 0. The first kappa shape index (κ1) is 22.2. The van der Waals surface area contributed by atoms with E-state index in [0.29, 0.717) is 6.54 Å². The van der Waals surface area contributed by atoms with Gasteiger partial charge in [-0.2, -0.15) is 0 Å². The second-order valence-electron chi connectivity index (χ2n) is 7.08. The quantitative estimate of drug-likeness (QED) is 0.779. The SMILES string of the molecule is CC(C)[C@H](N)C(=O)NCc1ccccc1-c1ccc(CN(C)C)cc1.Cl. The molecular weight excluding hydrogens is 346 g/mol. The van der Waals surface area contributed by atoms with Crippen LogP contribution in [0.3, 0.4) is 0 Å². The molecule has 142 valence electrons. The van der Waals surface area contributed by atoms with Crippen molar-refractivity contribution in [1.29, 1.82) is 0 Å². The van der Waals surface area contributed by atoms with Gasteiger partial charge in [0.2, 0.25) is 5.91 Å². The molecule has 1 amide bonds. The largest absolute Gasteiger partial charge is 0.351 e. The number of amides is 1. The van der Waals surface area contributed by atoms with Crippen LogP contribution in [0.2, 0.25) is 0 Å². The second kappa shape index (κ2) is 10.3. The molecule has 0 unspecified atom stereocenters. The molecule has 3 N–H and O–H groups in total. The second-order valence-corrected chi connectivity index (χ2v) is 7.08. The van der Waals surface area contributed by atoms with E-state index in [1.807, 2.05) is 32.0 Å². The predicted octanol–water partition coefficient (Wildman–Crippen LogP) is 3.44. The predicted molar refractivity (Wildman–Crippen MR) is 111 cm³/mol. The third-order valence-electron chi connectivity index (χ3n) is 4.26. The van der Waals surface area contributed by atoms with E-state index in [1.54, 1.807) is 0 Å². The van der Waals surface area contributed by atoms with Gasteiger partial charge in [-0.25, -0.2) is 0 Å². The first-order chi connectivity index (χ1) is 11.9. The van der Waals surface area contributed by atoms with Gasteiger partial charge in [0.1, 0.15) is 0 Å². The number of carbonyl (C=O) groups is 1. The van der Waals surface area contributed by atoms with E-state index in [1.165, 1.54) is 5.56 Å². The first-order valence-corrected chi connectivity index (χ1v) is 8.73.